The molecule has 0 fully saturated rings. The number of hydrogen-bond donors (Lipinski definition) is 1. The highest BCUT2D eigenvalue weighted by Gasteiger charge is 2.09. The van der Waals surface area contributed by atoms with Crippen LogP contribution in [0, 0.1) is 20.8 Å². The number of nitrogens with two attached hydrogens (primary N) is 1. The van der Waals surface area contributed by atoms with E-state index in [9.17, 15) is 0 Å². The fourth-order valence-electron chi connectivity index (χ4n) is 2.17. The van der Waals surface area contributed by atoms with Crippen LogP contribution in [-0.2, 0) is 0 Å². The van der Waals surface area contributed by atoms with Gasteiger partial charge in [0.15, 0.2) is 0 Å². The van der Waals surface area contributed by atoms with E-state index in [-0.39, 0.29) is 6.04 Å². The van der Waals surface area contributed by atoms with Crippen molar-refractivity contribution in [2.45, 2.75) is 33.7 Å². The lowest BCUT2D eigenvalue weighted by atomic mass is 10.1. The Morgan fingerprint density at radius 2 is 1.80 bits per heavy atom. The molecule has 106 valence electrons. The molecular weight excluding hydrogens is 314 g/mol. The lowest BCUT2D eigenvalue weighted by Crippen LogP contribution is -2.05. The summed E-state index contributed by atoms with van der Waals surface area (Å²) in [5.74, 6) is 1.72. The molecule has 2 nitrogen and oxygen atoms in total. The van der Waals surface area contributed by atoms with Gasteiger partial charge in [0.1, 0.15) is 11.5 Å². The number of ether oxygens (including phenoxy) is 1. The summed E-state index contributed by atoms with van der Waals surface area (Å²) >= 11 is 3.55. The van der Waals surface area contributed by atoms with Crippen molar-refractivity contribution in [2.75, 3.05) is 0 Å². The summed E-state index contributed by atoms with van der Waals surface area (Å²) in [4.78, 5) is 0. The zero-order valence-corrected chi connectivity index (χ0v) is 13.9. The smallest absolute Gasteiger partial charge is 0.130 e. The van der Waals surface area contributed by atoms with Gasteiger partial charge in [0.2, 0.25) is 0 Å². The zero-order valence-electron chi connectivity index (χ0n) is 12.3. The van der Waals surface area contributed by atoms with Crippen LogP contribution in [0.15, 0.2) is 34.8 Å². The van der Waals surface area contributed by atoms with E-state index >= 15 is 0 Å². The van der Waals surface area contributed by atoms with E-state index in [4.69, 9.17) is 10.5 Å². The molecule has 2 aromatic carbocycles. The molecule has 0 aromatic heterocycles. The predicted molar refractivity (Wildman–Crippen MR) is 87.5 cm³/mol. The molecule has 0 heterocycles. The van der Waals surface area contributed by atoms with Gasteiger partial charge in [-0.15, -0.1) is 0 Å². The number of hydrogen-bond acceptors (Lipinski definition) is 2. The van der Waals surface area contributed by atoms with Crippen LogP contribution in [-0.4, -0.2) is 0 Å². The molecule has 0 aliphatic heterocycles. The Balaban J connectivity index is 2.33. The number of aryl methyl sites for hydroxylation is 2. The van der Waals surface area contributed by atoms with Crippen LogP contribution in [0.5, 0.6) is 11.5 Å². The summed E-state index contributed by atoms with van der Waals surface area (Å²) in [5.41, 5.74) is 10.6. The standard InChI is InChI=1S/C17H20BrNO/c1-10-7-11(2)12(3)17(8-10)20-14-5-6-15(13(4)19)16(18)9-14/h5-9,13H,19H2,1-4H3/t13-/m0/s1. The van der Waals surface area contributed by atoms with Crippen molar-refractivity contribution in [1.29, 1.82) is 0 Å². The third-order valence-corrected chi connectivity index (χ3v) is 4.14. The molecule has 0 saturated carbocycles. The first-order chi connectivity index (χ1) is 9.38. The van der Waals surface area contributed by atoms with Gasteiger partial charge in [-0.25, -0.2) is 0 Å². The molecule has 0 amide bonds. The van der Waals surface area contributed by atoms with Crippen molar-refractivity contribution in [1.82, 2.24) is 0 Å². The fraction of sp³-hybridized carbons (Fsp3) is 0.294. The second-order valence-electron chi connectivity index (χ2n) is 5.28. The molecule has 20 heavy (non-hydrogen) atoms. The molecule has 0 aliphatic rings. The van der Waals surface area contributed by atoms with Gasteiger partial charge in [-0.2, -0.15) is 0 Å². The van der Waals surface area contributed by atoms with E-state index in [1.54, 1.807) is 0 Å². The highest BCUT2D eigenvalue weighted by Crippen LogP contribution is 2.32. The van der Waals surface area contributed by atoms with Gasteiger partial charge >= 0.3 is 0 Å². The highest BCUT2D eigenvalue weighted by molar-refractivity contribution is 9.10. The van der Waals surface area contributed by atoms with E-state index in [2.05, 4.69) is 48.8 Å². The maximum atomic E-state index is 6.02. The van der Waals surface area contributed by atoms with E-state index in [1.165, 1.54) is 16.7 Å². The minimum atomic E-state index is 0.00127. The van der Waals surface area contributed by atoms with Gasteiger partial charge in [-0.05, 0) is 68.1 Å². The summed E-state index contributed by atoms with van der Waals surface area (Å²) in [5, 5.41) is 0. The molecule has 0 saturated heterocycles. The summed E-state index contributed by atoms with van der Waals surface area (Å²) in [6.45, 7) is 8.23. The Kier molecular flexibility index (Phi) is 4.51. The molecule has 3 heteroatoms. The van der Waals surface area contributed by atoms with Crippen molar-refractivity contribution in [2.24, 2.45) is 5.73 Å². The van der Waals surface area contributed by atoms with E-state index in [0.717, 1.165) is 21.5 Å². The minimum absolute atomic E-state index is 0.00127. The number of rotatable bonds is 3. The van der Waals surface area contributed by atoms with Gasteiger partial charge in [-0.3, -0.25) is 0 Å². The predicted octanol–water partition coefficient (Wildman–Crippen LogP) is 5.19. The van der Waals surface area contributed by atoms with Gasteiger partial charge in [0.05, 0.1) is 0 Å². The third-order valence-electron chi connectivity index (χ3n) is 3.45. The maximum Gasteiger partial charge on any atom is 0.130 e. The Morgan fingerprint density at radius 3 is 2.40 bits per heavy atom. The van der Waals surface area contributed by atoms with Gasteiger partial charge < -0.3 is 10.5 Å². The van der Waals surface area contributed by atoms with Crippen LogP contribution in [0.1, 0.15) is 35.2 Å². The van der Waals surface area contributed by atoms with Crippen LogP contribution >= 0.6 is 15.9 Å². The summed E-state index contributed by atoms with van der Waals surface area (Å²) in [7, 11) is 0. The first-order valence-corrected chi connectivity index (χ1v) is 7.48. The van der Waals surface area contributed by atoms with Crippen LogP contribution < -0.4 is 10.5 Å². The molecule has 2 aromatic rings. The lowest BCUT2D eigenvalue weighted by Gasteiger charge is -2.14. The first-order valence-electron chi connectivity index (χ1n) is 6.69. The normalized spacial score (nSPS) is 12.3. The molecule has 2 rings (SSSR count). The zero-order chi connectivity index (χ0) is 14.9. The summed E-state index contributed by atoms with van der Waals surface area (Å²) < 4.78 is 6.99. The summed E-state index contributed by atoms with van der Waals surface area (Å²) in [6.07, 6.45) is 0. The van der Waals surface area contributed by atoms with Gasteiger partial charge in [0, 0.05) is 10.5 Å². The Morgan fingerprint density at radius 1 is 1.10 bits per heavy atom. The average molecular weight is 334 g/mol. The van der Waals surface area contributed by atoms with Crippen LogP contribution in [0.2, 0.25) is 0 Å². The van der Waals surface area contributed by atoms with Crippen molar-refractivity contribution in [3.05, 3.63) is 57.1 Å². The van der Waals surface area contributed by atoms with Gasteiger partial charge in [-0.1, -0.05) is 28.1 Å². The lowest BCUT2D eigenvalue weighted by molar-refractivity contribution is 0.477. The van der Waals surface area contributed by atoms with Crippen LogP contribution in [0.25, 0.3) is 0 Å². The maximum absolute atomic E-state index is 6.02. The van der Waals surface area contributed by atoms with E-state index in [1.807, 2.05) is 25.1 Å². The third kappa shape index (κ3) is 3.22. The van der Waals surface area contributed by atoms with Crippen molar-refractivity contribution in [3.8, 4) is 11.5 Å². The fourth-order valence-corrected chi connectivity index (χ4v) is 2.89. The SMILES string of the molecule is Cc1cc(C)c(C)c(Oc2ccc([C@H](C)N)c(Br)c2)c1. The van der Waals surface area contributed by atoms with Crippen molar-refractivity contribution < 1.29 is 4.74 Å². The second kappa shape index (κ2) is 5.98. The number of halogens is 1. The molecule has 0 spiro atoms. The van der Waals surface area contributed by atoms with Crippen molar-refractivity contribution >= 4 is 15.9 Å². The monoisotopic (exact) mass is 333 g/mol. The number of benzene rings is 2. The molecule has 1 atom stereocenters. The van der Waals surface area contributed by atoms with Crippen LogP contribution in [0.4, 0.5) is 0 Å². The van der Waals surface area contributed by atoms with E-state index in [0.29, 0.717) is 0 Å². The molecule has 0 aliphatic carbocycles. The second-order valence-corrected chi connectivity index (χ2v) is 6.13. The van der Waals surface area contributed by atoms with Crippen molar-refractivity contribution in [3.63, 3.8) is 0 Å². The highest BCUT2D eigenvalue weighted by atomic mass is 79.9. The molecule has 0 radical (unpaired) electrons. The largest absolute Gasteiger partial charge is 0.457 e. The molecular formula is C17H20BrNO. The molecule has 0 bridgehead atoms. The topological polar surface area (TPSA) is 35.2 Å². The Labute approximate surface area is 129 Å². The van der Waals surface area contributed by atoms with E-state index < -0.39 is 0 Å². The first kappa shape index (κ1) is 15.1. The molecule has 2 N–H and O–H groups in total. The average Bonchev–Trinajstić information content (AvgIpc) is 2.35. The Bertz CT molecular complexity index is 635. The summed E-state index contributed by atoms with van der Waals surface area (Å²) in [6, 6.07) is 10.2. The Hall–Kier alpha value is -1.32. The molecule has 0 unspecified atom stereocenters. The quantitative estimate of drug-likeness (QED) is 0.839. The van der Waals surface area contributed by atoms with Gasteiger partial charge in [0.25, 0.3) is 0 Å². The van der Waals surface area contributed by atoms with Crippen LogP contribution in [0.3, 0.4) is 0 Å². The minimum Gasteiger partial charge on any atom is -0.457 e.